The fourth-order valence-electron chi connectivity index (χ4n) is 2.46. The highest BCUT2D eigenvalue weighted by molar-refractivity contribution is 6.30. The summed E-state index contributed by atoms with van der Waals surface area (Å²) in [6.45, 7) is 5.23. The van der Waals surface area contributed by atoms with Crippen LogP contribution in [0.3, 0.4) is 0 Å². The lowest BCUT2D eigenvalue weighted by Crippen LogP contribution is -2.54. The Balaban J connectivity index is 1.86. The van der Waals surface area contributed by atoms with Gasteiger partial charge in [0.05, 0.1) is 0 Å². The molecule has 0 fully saturated rings. The van der Waals surface area contributed by atoms with E-state index < -0.39 is 23.8 Å². The van der Waals surface area contributed by atoms with Crippen molar-refractivity contribution in [3.8, 4) is 5.75 Å². The van der Waals surface area contributed by atoms with Gasteiger partial charge in [-0.05, 0) is 54.8 Å². The Morgan fingerprint density at radius 3 is 2.34 bits per heavy atom. The van der Waals surface area contributed by atoms with E-state index in [0.717, 1.165) is 5.56 Å². The molecule has 0 radical (unpaired) electrons. The van der Waals surface area contributed by atoms with Gasteiger partial charge in [0, 0.05) is 10.6 Å². The second kappa shape index (κ2) is 10.5. The highest BCUT2D eigenvalue weighted by atomic mass is 35.5. The lowest BCUT2D eigenvalue weighted by Gasteiger charge is -2.22. The van der Waals surface area contributed by atoms with Gasteiger partial charge >= 0.3 is 0 Å². The Morgan fingerprint density at radius 2 is 1.72 bits per heavy atom. The van der Waals surface area contributed by atoms with E-state index in [9.17, 15) is 14.4 Å². The second-order valence-corrected chi connectivity index (χ2v) is 7.28. The van der Waals surface area contributed by atoms with E-state index in [4.69, 9.17) is 16.3 Å². The number of hydrogen-bond acceptors (Lipinski definition) is 4. The molecule has 0 saturated heterocycles. The van der Waals surface area contributed by atoms with Crippen LogP contribution in [0.1, 0.15) is 29.8 Å². The minimum atomic E-state index is -0.837. The average molecular weight is 418 g/mol. The maximum Gasteiger partial charge on any atom is 0.276 e. The van der Waals surface area contributed by atoms with Gasteiger partial charge < -0.3 is 10.1 Å². The van der Waals surface area contributed by atoms with Gasteiger partial charge in [-0.15, -0.1) is 0 Å². The predicted octanol–water partition coefficient (Wildman–Crippen LogP) is 2.63. The van der Waals surface area contributed by atoms with Crippen molar-refractivity contribution in [2.45, 2.75) is 26.8 Å². The van der Waals surface area contributed by atoms with Crippen LogP contribution in [0.25, 0.3) is 0 Å². The van der Waals surface area contributed by atoms with Crippen LogP contribution in [0.15, 0.2) is 48.5 Å². The van der Waals surface area contributed by atoms with Crippen LogP contribution >= 0.6 is 11.6 Å². The molecular formula is C21H24ClN3O4. The highest BCUT2D eigenvalue weighted by Gasteiger charge is 2.25. The zero-order chi connectivity index (χ0) is 21.4. The zero-order valence-electron chi connectivity index (χ0n) is 16.5. The lowest BCUT2D eigenvalue weighted by atomic mass is 10.0. The molecule has 0 aliphatic heterocycles. The number of carbonyl (C=O) groups excluding carboxylic acids is 3. The molecule has 0 unspecified atom stereocenters. The molecule has 0 aromatic heterocycles. The number of ether oxygens (including phenoxy) is 1. The van der Waals surface area contributed by atoms with Gasteiger partial charge in [0.2, 0.25) is 0 Å². The van der Waals surface area contributed by atoms with E-state index in [2.05, 4.69) is 16.2 Å². The molecule has 0 aliphatic rings. The van der Waals surface area contributed by atoms with Crippen molar-refractivity contribution in [3.63, 3.8) is 0 Å². The monoisotopic (exact) mass is 417 g/mol. The maximum atomic E-state index is 12.4. The average Bonchev–Trinajstić information content (AvgIpc) is 2.68. The molecule has 7 nitrogen and oxygen atoms in total. The normalized spacial score (nSPS) is 11.5. The van der Waals surface area contributed by atoms with Crippen molar-refractivity contribution in [2.75, 3.05) is 6.61 Å². The third-order valence-corrected chi connectivity index (χ3v) is 4.28. The van der Waals surface area contributed by atoms with Crippen LogP contribution in [-0.2, 0) is 9.59 Å². The summed E-state index contributed by atoms with van der Waals surface area (Å²) in [5, 5.41) is 3.17. The Morgan fingerprint density at radius 1 is 1.03 bits per heavy atom. The first-order valence-corrected chi connectivity index (χ1v) is 9.48. The third kappa shape index (κ3) is 7.12. The number of nitrogens with one attached hydrogen (secondary N) is 3. The van der Waals surface area contributed by atoms with Gasteiger partial charge in [-0.1, -0.05) is 37.6 Å². The van der Waals surface area contributed by atoms with E-state index in [0.29, 0.717) is 16.3 Å². The number of aryl methyl sites for hydroxylation is 1. The van der Waals surface area contributed by atoms with Crippen LogP contribution in [0.5, 0.6) is 5.75 Å². The number of amides is 3. The molecule has 0 saturated carbocycles. The van der Waals surface area contributed by atoms with Gasteiger partial charge in [-0.3, -0.25) is 25.2 Å². The van der Waals surface area contributed by atoms with Crippen LogP contribution in [-0.4, -0.2) is 30.4 Å². The van der Waals surface area contributed by atoms with Crippen LogP contribution in [0.4, 0.5) is 0 Å². The zero-order valence-corrected chi connectivity index (χ0v) is 17.2. The molecule has 0 heterocycles. The molecular weight excluding hydrogens is 394 g/mol. The van der Waals surface area contributed by atoms with Crippen molar-refractivity contribution in [3.05, 3.63) is 64.7 Å². The van der Waals surface area contributed by atoms with Crippen molar-refractivity contribution < 1.29 is 19.1 Å². The van der Waals surface area contributed by atoms with E-state index in [1.54, 1.807) is 50.2 Å². The quantitative estimate of drug-likeness (QED) is 0.603. The van der Waals surface area contributed by atoms with Gasteiger partial charge in [0.15, 0.2) is 6.61 Å². The van der Waals surface area contributed by atoms with Crippen molar-refractivity contribution in [2.24, 2.45) is 5.92 Å². The fraction of sp³-hybridized carbons (Fsp3) is 0.286. The van der Waals surface area contributed by atoms with E-state index in [1.807, 2.05) is 19.1 Å². The molecule has 0 aliphatic carbocycles. The van der Waals surface area contributed by atoms with Crippen molar-refractivity contribution in [1.82, 2.24) is 16.2 Å². The Labute approximate surface area is 174 Å². The number of rotatable bonds is 7. The minimum Gasteiger partial charge on any atom is -0.484 e. The van der Waals surface area contributed by atoms with Crippen molar-refractivity contribution in [1.29, 1.82) is 0 Å². The summed E-state index contributed by atoms with van der Waals surface area (Å²) >= 11 is 5.82. The maximum absolute atomic E-state index is 12.4. The Hall–Kier alpha value is -3.06. The number of benzene rings is 2. The molecule has 3 N–H and O–H groups in total. The predicted molar refractivity (Wildman–Crippen MR) is 111 cm³/mol. The SMILES string of the molecule is Cc1cccc(OCC(=O)NNC(=O)[C@@H](NC(=O)c2ccc(Cl)cc2)C(C)C)c1. The first kappa shape index (κ1) is 22.2. The largest absolute Gasteiger partial charge is 0.484 e. The number of hydrazine groups is 1. The van der Waals surface area contributed by atoms with Gasteiger partial charge in [-0.2, -0.15) is 0 Å². The molecule has 8 heteroatoms. The molecule has 29 heavy (non-hydrogen) atoms. The molecule has 2 rings (SSSR count). The molecule has 154 valence electrons. The first-order valence-electron chi connectivity index (χ1n) is 9.11. The van der Waals surface area contributed by atoms with Gasteiger partial charge in [0.1, 0.15) is 11.8 Å². The first-order chi connectivity index (χ1) is 13.8. The van der Waals surface area contributed by atoms with E-state index in [1.165, 1.54) is 0 Å². The summed E-state index contributed by atoms with van der Waals surface area (Å²) in [6.07, 6.45) is 0. The fourth-order valence-corrected chi connectivity index (χ4v) is 2.59. The molecule has 0 spiro atoms. The van der Waals surface area contributed by atoms with Crippen LogP contribution in [0, 0.1) is 12.8 Å². The summed E-state index contributed by atoms with van der Waals surface area (Å²) in [6, 6.07) is 12.8. The number of halogens is 1. The lowest BCUT2D eigenvalue weighted by molar-refractivity contribution is -0.131. The topological polar surface area (TPSA) is 96.5 Å². The summed E-state index contributed by atoms with van der Waals surface area (Å²) < 4.78 is 5.38. The summed E-state index contributed by atoms with van der Waals surface area (Å²) in [5.41, 5.74) is 6.00. The number of hydrogen-bond donors (Lipinski definition) is 3. The van der Waals surface area contributed by atoms with Crippen LogP contribution < -0.4 is 20.9 Å². The van der Waals surface area contributed by atoms with Crippen molar-refractivity contribution >= 4 is 29.3 Å². The Bertz CT molecular complexity index is 868. The second-order valence-electron chi connectivity index (χ2n) is 6.84. The molecule has 2 aromatic rings. The van der Waals surface area contributed by atoms with Gasteiger partial charge in [-0.25, -0.2) is 0 Å². The molecule has 0 bridgehead atoms. The summed E-state index contributed by atoms with van der Waals surface area (Å²) in [4.78, 5) is 36.7. The standard InChI is InChI=1S/C21H24ClN3O4/c1-13(2)19(23-20(27)15-7-9-16(22)10-8-15)21(28)25-24-18(26)12-29-17-6-4-5-14(3)11-17/h4-11,13,19H,12H2,1-3H3,(H,23,27)(H,24,26)(H,25,28)/t19-/m0/s1. The minimum absolute atomic E-state index is 0.202. The van der Waals surface area contributed by atoms with Crippen LogP contribution in [0.2, 0.25) is 5.02 Å². The third-order valence-electron chi connectivity index (χ3n) is 4.03. The Kier molecular flexibility index (Phi) is 8.03. The highest BCUT2D eigenvalue weighted by Crippen LogP contribution is 2.12. The smallest absolute Gasteiger partial charge is 0.276 e. The number of carbonyl (C=O) groups is 3. The van der Waals surface area contributed by atoms with E-state index in [-0.39, 0.29) is 12.5 Å². The van der Waals surface area contributed by atoms with E-state index >= 15 is 0 Å². The summed E-state index contributed by atoms with van der Waals surface area (Å²) in [7, 11) is 0. The van der Waals surface area contributed by atoms with Gasteiger partial charge in [0.25, 0.3) is 17.7 Å². The summed E-state index contributed by atoms with van der Waals surface area (Å²) in [5.74, 6) is -1.12. The molecule has 3 amide bonds. The molecule has 2 aromatic carbocycles. The molecule has 1 atom stereocenters.